The van der Waals surface area contributed by atoms with E-state index in [4.69, 9.17) is 10.7 Å². The summed E-state index contributed by atoms with van der Waals surface area (Å²) < 4.78 is 1.51. The Kier molecular flexibility index (Phi) is 6.43. The molecule has 6 rings (SSSR count). The predicted molar refractivity (Wildman–Crippen MR) is 150 cm³/mol. The summed E-state index contributed by atoms with van der Waals surface area (Å²) >= 11 is 0. The number of nitrogens with two attached hydrogens (primary N) is 1. The minimum atomic E-state index is -0.252. The molecule has 1 amide bonds. The molecule has 0 spiro atoms. The number of amides is 1. The van der Waals surface area contributed by atoms with E-state index < -0.39 is 0 Å². The number of likely N-dealkylation sites (tertiary alicyclic amines) is 1. The Hall–Kier alpha value is -5.12. The van der Waals surface area contributed by atoms with E-state index in [1.807, 2.05) is 42.5 Å². The van der Waals surface area contributed by atoms with Gasteiger partial charge in [0.05, 0.1) is 34.9 Å². The predicted octanol–water partition coefficient (Wildman–Crippen LogP) is 4.36. The van der Waals surface area contributed by atoms with E-state index >= 15 is 0 Å². The monoisotopic (exact) mass is 533 g/mol. The van der Waals surface area contributed by atoms with Crippen molar-refractivity contribution in [2.75, 3.05) is 18.8 Å². The molecule has 1 fully saturated rings. The first kappa shape index (κ1) is 25.2. The van der Waals surface area contributed by atoms with E-state index in [9.17, 15) is 14.7 Å². The van der Waals surface area contributed by atoms with Crippen LogP contribution in [-0.2, 0) is 0 Å². The molecule has 1 aliphatic rings. The standard InChI is InChI=1S/C30H27N7O3/c1-18(38)26-27(20-10-13-36(14-11-20)30(40)22-9-12-32-17-25(22)39)35-29-23(16-34-37(29)28(26)31)21-7-8-24(33-15-21)19-5-3-2-4-6-19/h2-9,12,15-17,20,39H,10-11,13-14,31H2,1H3. The maximum atomic E-state index is 13.0. The van der Waals surface area contributed by atoms with Crippen molar-refractivity contribution in [3.05, 3.63) is 90.1 Å². The maximum absolute atomic E-state index is 13.0. The van der Waals surface area contributed by atoms with Gasteiger partial charge in [-0.25, -0.2) is 4.98 Å². The second-order valence-corrected chi connectivity index (χ2v) is 9.86. The Bertz CT molecular complexity index is 1720. The number of carbonyl (C=O) groups is 2. The molecule has 1 aromatic carbocycles. The number of pyridine rings is 2. The number of carbonyl (C=O) groups excluding carboxylic acids is 2. The van der Waals surface area contributed by atoms with Gasteiger partial charge in [0, 0.05) is 48.1 Å². The van der Waals surface area contributed by atoms with Crippen LogP contribution in [0.4, 0.5) is 5.82 Å². The Morgan fingerprint density at radius 3 is 2.42 bits per heavy atom. The van der Waals surface area contributed by atoms with E-state index in [1.165, 1.54) is 29.9 Å². The van der Waals surface area contributed by atoms with Gasteiger partial charge in [0.15, 0.2) is 11.4 Å². The fraction of sp³-hybridized carbons (Fsp3) is 0.200. The molecule has 200 valence electrons. The lowest BCUT2D eigenvalue weighted by Gasteiger charge is -2.32. The number of aromatic hydroxyl groups is 1. The van der Waals surface area contributed by atoms with E-state index in [0.29, 0.717) is 42.8 Å². The van der Waals surface area contributed by atoms with Crippen molar-refractivity contribution in [3.63, 3.8) is 0 Å². The van der Waals surface area contributed by atoms with Crippen molar-refractivity contribution < 1.29 is 14.7 Å². The SMILES string of the molecule is CC(=O)c1c(C2CCN(C(=O)c3ccncc3O)CC2)nc2c(-c3ccc(-c4ccccc4)nc3)cnn2c1N. The highest BCUT2D eigenvalue weighted by Crippen LogP contribution is 2.35. The molecule has 5 heterocycles. The zero-order valence-electron chi connectivity index (χ0n) is 21.9. The van der Waals surface area contributed by atoms with Crippen LogP contribution in [0.3, 0.4) is 0 Å². The van der Waals surface area contributed by atoms with Crippen LogP contribution in [0.5, 0.6) is 5.75 Å². The summed E-state index contributed by atoms with van der Waals surface area (Å²) in [6.45, 7) is 2.38. The number of anilines is 1. The number of hydrogen-bond acceptors (Lipinski definition) is 8. The first-order chi connectivity index (χ1) is 19.4. The Morgan fingerprint density at radius 1 is 0.975 bits per heavy atom. The summed E-state index contributed by atoms with van der Waals surface area (Å²) in [7, 11) is 0. The molecule has 0 atom stereocenters. The molecule has 0 unspecified atom stereocenters. The number of aromatic nitrogens is 5. The van der Waals surface area contributed by atoms with Gasteiger partial charge in [-0.1, -0.05) is 36.4 Å². The second kappa shape index (κ2) is 10.2. The lowest BCUT2D eigenvalue weighted by Crippen LogP contribution is -2.38. The molecule has 1 saturated heterocycles. The summed E-state index contributed by atoms with van der Waals surface area (Å²) in [6.07, 6.45) is 7.40. The molecule has 0 bridgehead atoms. The topological polar surface area (TPSA) is 140 Å². The summed E-state index contributed by atoms with van der Waals surface area (Å²) in [5.41, 5.74) is 11.7. The highest BCUT2D eigenvalue weighted by molar-refractivity contribution is 6.00. The van der Waals surface area contributed by atoms with E-state index in [-0.39, 0.29) is 34.7 Å². The number of benzene rings is 1. The van der Waals surface area contributed by atoms with Crippen molar-refractivity contribution in [1.82, 2.24) is 29.5 Å². The Balaban J connectivity index is 1.32. The molecule has 10 nitrogen and oxygen atoms in total. The largest absolute Gasteiger partial charge is 0.505 e. The maximum Gasteiger partial charge on any atom is 0.257 e. The minimum Gasteiger partial charge on any atom is -0.505 e. The summed E-state index contributed by atoms with van der Waals surface area (Å²) in [5.74, 6) is -0.422. The lowest BCUT2D eigenvalue weighted by molar-refractivity contribution is 0.0707. The number of Topliss-reactive ketones (excluding diaryl/α,β-unsaturated/α-hetero) is 1. The summed E-state index contributed by atoms with van der Waals surface area (Å²) in [4.78, 5) is 40.9. The quantitative estimate of drug-likeness (QED) is 0.318. The first-order valence-electron chi connectivity index (χ1n) is 13.0. The number of hydrogen-bond donors (Lipinski definition) is 2. The minimum absolute atomic E-state index is 0.0809. The van der Waals surface area contributed by atoms with Gasteiger partial charge in [-0.2, -0.15) is 9.61 Å². The molecular weight excluding hydrogens is 506 g/mol. The van der Waals surface area contributed by atoms with Crippen molar-refractivity contribution in [2.24, 2.45) is 0 Å². The molecule has 1 aliphatic heterocycles. The second-order valence-electron chi connectivity index (χ2n) is 9.86. The van der Waals surface area contributed by atoms with Gasteiger partial charge in [0.2, 0.25) is 0 Å². The van der Waals surface area contributed by atoms with Crippen molar-refractivity contribution in [1.29, 1.82) is 0 Å². The molecule has 0 saturated carbocycles. The van der Waals surface area contributed by atoms with Gasteiger partial charge in [-0.3, -0.25) is 19.6 Å². The molecule has 4 aromatic heterocycles. The Labute approximate surface area is 230 Å². The molecular formula is C30H27N7O3. The zero-order chi connectivity index (χ0) is 27.8. The number of piperidine rings is 1. The van der Waals surface area contributed by atoms with Crippen LogP contribution < -0.4 is 5.73 Å². The van der Waals surface area contributed by atoms with Crippen LogP contribution in [-0.4, -0.2) is 59.4 Å². The fourth-order valence-corrected chi connectivity index (χ4v) is 5.32. The van der Waals surface area contributed by atoms with Crippen LogP contribution >= 0.6 is 0 Å². The van der Waals surface area contributed by atoms with E-state index in [2.05, 4.69) is 15.1 Å². The van der Waals surface area contributed by atoms with Crippen LogP contribution in [0.2, 0.25) is 0 Å². The molecule has 10 heteroatoms. The van der Waals surface area contributed by atoms with Gasteiger partial charge in [0.1, 0.15) is 11.6 Å². The van der Waals surface area contributed by atoms with Gasteiger partial charge in [0.25, 0.3) is 5.91 Å². The average molecular weight is 534 g/mol. The number of rotatable bonds is 5. The van der Waals surface area contributed by atoms with Crippen LogP contribution in [0.25, 0.3) is 28.0 Å². The summed E-state index contributed by atoms with van der Waals surface area (Å²) in [6, 6.07) is 15.4. The van der Waals surface area contributed by atoms with E-state index in [1.54, 1.807) is 17.3 Å². The lowest BCUT2D eigenvalue weighted by atomic mass is 9.89. The van der Waals surface area contributed by atoms with Crippen molar-refractivity contribution in [3.8, 4) is 28.1 Å². The number of nitrogens with zero attached hydrogens (tertiary/aromatic N) is 6. The van der Waals surface area contributed by atoms with Gasteiger partial charge in [-0.15, -0.1) is 0 Å². The molecule has 0 aliphatic carbocycles. The molecule has 5 aromatic rings. The zero-order valence-corrected chi connectivity index (χ0v) is 21.9. The number of nitrogen functional groups attached to an aromatic ring is 1. The molecule has 0 radical (unpaired) electrons. The third kappa shape index (κ3) is 4.43. The fourth-order valence-electron chi connectivity index (χ4n) is 5.32. The van der Waals surface area contributed by atoms with Crippen LogP contribution in [0, 0.1) is 0 Å². The van der Waals surface area contributed by atoms with Crippen LogP contribution in [0.15, 0.2) is 73.3 Å². The number of fused-ring (bicyclic) bond motifs is 1. The highest BCUT2D eigenvalue weighted by Gasteiger charge is 2.31. The van der Waals surface area contributed by atoms with Crippen molar-refractivity contribution >= 4 is 23.2 Å². The Morgan fingerprint density at radius 2 is 1.75 bits per heavy atom. The van der Waals surface area contributed by atoms with Crippen molar-refractivity contribution in [2.45, 2.75) is 25.7 Å². The van der Waals surface area contributed by atoms with Gasteiger partial charge >= 0.3 is 0 Å². The van der Waals surface area contributed by atoms with E-state index in [0.717, 1.165) is 22.4 Å². The van der Waals surface area contributed by atoms with Gasteiger partial charge < -0.3 is 15.7 Å². The smallest absolute Gasteiger partial charge is 0.257 e. The highest BCUT2D eigenvalue weighted by atomic mass is 16.3. The normalized spacial score (nSPS) is 14.0. The third-order valence-corrected chi connectivity index (χ3v) is 7.41. The molecule has 3 N–H and O–H groups in total. The summed E-state index contributed by atoms with van der Waals surface area (Å²) in [5, 5.41) is 14.5. The molecule has 40 heavy (non-hydrogen) atoms. The van der Waals surface area contributed by atoms with Crippen LogP contribution in [0.1, 0.15) is 52.1 Å². The first-order valence-corrected chi connectivity index (χ1v) is 13.0. The average Bonchev–Trinajstić information content (AvgIpc) is 3.42. The van der Waals surface area contributed by atoms with Gasteiger partial charge in [-0.05, 0) is 31.9 Å². The third-order valence-electron chi connectivity index (χ3n) is 7.41. The number of ketones is 1.